The van der Waals surface area contributed by atoms with Gasteiger partial charge < -0.3 is 10.1 Å². The van der Waals surface area contributed by atoms with Crippen LogP contribution in [0.15, 0.2) is 18.2 Å². The second-order valence-electron chi connectivity index (χ2n) is 4.35. The van der Waals surface area contributed by atoms with Gasteiger partial charge in [0.05, 0.1) is 12.7 Å². The van der Waals surface area contributed by atoms with Crippen molar-refractivity contribution in [2.75, 3.05) is 13.1 Å². The zero-order valence-corrected chi connectivity index (χ0v) is 9.63. The van der Waals surface area contributed by atoms with Gasteiger partial charge in [0, 0.05) is 6.54 Å². The van der Waals surface area contributed by atoms with E-state index in [1.165, 1.54) is 6.07 Å². The van der Waals surface area contributed by atoms with Gasteiger partial charge in [0.15, 0.2) is 0 Å². The van der Waals surface area contributed by atoms with Crippen LogP contribution in [-0.4, -0.2) is 19.2 Å². The van der Waals surface area contributed by atoms with Gasteiger partial charge in [-0.25, -0.2) is 4.39 Å². The van der Waals surface area contributed by atoms with Crippen molar-refractivity contribution in [1.82, 2.24) is 5.32 Å². The molecule has 1 atom stereocenters. The van der Waals surface area contributed by atoms with Gasteiger partial charge in [-0.3, -0.25) is 0 Å². The van der Waals surface area contributed by atoms with Gasteiger partial charge in [-0.05, 0) is 49.6 Å². The van der Waals surface area contributed by atoms with Gasteiger partial charge in [0.1, 0.15) is 5.82 Å². The summed E-state index contributed by atoms with van der Waals surface area (Å²) in [5.41, 5.74) is 2.04. The van der Waals surface area contributed by atoms with Crippen molar-refractivity contribution in [2.24, 2.45) is 0 Å². The Bertz CT molecular complexity index is 348. The number of aryl methyl sites for hydroxylation is 1. The monoisotopic (exact) mass is 223 g/mol. The highest BCUT2D eigenvalue weighted by Crippen LogP contribution is 2.14. The van der Waals surface area contributed by atoms with Gasteiger partial charge in [0.25, 0.3) is 0 Å². The highest BCUT2D eigenvalue weighted by Gasteiger charge is 2.13. The van der Waals surface area contributed by atoms with E-state index in [9.17, 15) is 4.39 Å². The van der Waals surface area contributed by atoms with Crippen LogP contribution in [-0.2, 0) is 11.3 Å². The molecule has 1 saturated heterocycles. The molecule has 0 radical (unpaired) electrons. The molecule has 88 valence electrons. The molecule has 0 unspecified atom stereocenters. The summed E-state index contributed by atoms with van der Waals surface area (Å²) < 4.78 is 18.8. The molecular formula is C13H18FNO. The average Bonchev–Trinajstić information content (AvgIpc) is 2.32. The maximum atomic E-state index is 13.0. The van der Waals surface area contributed by atoms with Crippen LogP contribution in [0.25, 0.3) is 0 Å². The quantitative estimate of drug-likeness (QED) is 0.849. The van der Waals surface area contributed by atoms with Gasteiger partial charge in [0.2, 0.25) is 0 Å². The standard InChI is InChI=1S/C13H18FNO/c1-10-4-5-12(14)7-11(10)9-16-13-3-2-6-15-8-13/h4-5,7,13,15H,2-3,6,8-9H2,1H3/t13-/m0/s1. The molecule has 16 heavy (non-hydrogen) atoms. The Balaban J connectivity index is 1.90. The number of rotatable bonds is 3. The third-order valence-corrected chi connectivity index (χ3v) is 3.04. The lowest BCUT2D eigenvalue weighted by molar-refractivity contribution is 0.0249. The van der Waals surface area contributed by atoms with Crippen molar-refractivity contribution in [3.63, 3.8) is 0 Å². The molecule has 0 bridgehead atoms. The number of hydrogen-bond donors (Lipinski definition) is 1. The van der Waals surface area contributed by atoms with Crippen molar-refractivity contribution < 1.29 is 9.13 Å². The first-order chi connectivity index (χ1) is 7.75. The molecule has 0 saturated carbocycles. The highest BCUT2D eigenvalue weighted by atomic mass is 19.1. The summed E-state index contributed by atoms with van der Waals surface area (Å²) in [6.45, 7) is 4.49. The van der Waals surface area contributed by atoms with Crippen LogP contribution in [0.4, 0.5) is 4.39 Å². The predicted molar refractivity (Wildman–Crippen MR) is 61.8 cm³/mol. The van der Waals surface area contributed by atoms with E-state index in [0.717, 1.165) is 37.1 Å². The minimum absolute atomic E-state index is 0.189. The normalized spacial score (nSPS) is 21.0. The van der Waals surface area contributed by atoms with Crippen LogP contribution < -0.4 is 5.32 Å². The Labute approximate surface area is 95.8 Å². The lowest BCUT2D eigenvalue weighted by Crippen LogP contribution is -2.35. The summed E-state index contributed by atoms with van der Waals surface area (Å²) in [7, 11) is 0. The number of ether oxygens (including phenoxy) is 1. The minimum Gasteiger partial charge on any atom is -0.372 e. The lowest BCUT2D eigenvalue weighted by Gasteiger charge is -2.23. The fourth-order valence-corrected chi connectivity index (χ4v) is 1.97. The molecule has 1 fully saturated rings. The highest BCUT2D eigenvalue weighted by molar-refractivity contribution is 5.25. The van der Waals surface area contributed by atoms with E-state index in [1.807, 2.05) is 6.92 Å². The SMILES string of the molecule is Cc1ccc(F)cc1CO[C@H]1CCCNC1. The average molecular weight is 223 g/mol. The van der Waals surface area contributed by atoms with Gasteiger partial charge in [-0.15, -0.1) is 0 Å². The Hall–Kier alpha value is -0.930. The van der Waals surface area contributed by atoms with Crippen LogP contribution in [0.1, 0.15) is 24.0 Å². The third kappa shape index (κ3) is 3.03. The predicted octanol–water partition coefficient (Wildman–Crippen LogP) is 2.40. The molecule has 0 aliphatic carbocycles. The van der Waals surface area contributed by atoms with Crippen molar-refractivity contribution in [2.45, 2.75) is 32.5 Å². The van der Waals surface area contributed by atoms with Gasteiger partial charge >= 0.3 is 0 Å². The summed E-state index contributed by atoms with van der Waals surface area (Å²) in [4.78, 5) is 0. The van der Waals surface area contributed by atoms with E-state index in [-0.39, 0.29) is 11.9 Å². The number of hydrogen-bond acceptors (Lipinski definition) is 2. The maximum absolute atomic E-state index is 13.0. The molecule has 1 heterocycles. The largest absolute Gasteiger partial charge is 0.372 e. The summed E-state index contributed by atoms with van der Waals surface area (Å²) in [6.07, 6.45) is 2.53. The molecule has 0 spiro atoms. The smallest absolute Gasteiger partial charge is 0.123 e. The molecule has 0 aromatic heterocycles. The van der Waals surface area contributed by atoms with Crippen LogP contribution in [0, 0.1) is 12.7 Å². The van der Waals surface area contributed by atoms with E-state index < -0.39 is 0 Å². The minimum atomic E-state index is -0.189. The molecule has 0 amide bonds. The summed E-state index contributed by atoms with van der Waals surface area (Å²) in [5, 5.41) is 3.30. The topological polar surface area (TPSA) is 21.3 Å². The van der Waals surface area contributed by atoms with E-state index in [0.29, 0.717) is 6.61 Å². The molecule has 2 rings (SSSR count). The van der Waals surface area contributed by atoms with Crippen molar-refractivity contribution in [1.29, 1.82) is 0 Å². The lowest BCUT2D eigenvalue weighted by atomic mass is 10.1. The van der Waals surface area contributed by atoms with Crippen molar-refractivity contribution in [3.05, 3.63) is 35.1 Å². The van der Waals surface area contributed by atoms with Crippen LogP contribution in [0.2, 0.25) is 0 Å². The summed E-state index contributed by atoms with van der Waals surface area (Å²) >= 11 is 0. The van der Waals surface area contributed by atoms with E-state index >= 15 is 0 Å². The summed E-state index contributed by atoms with van der Waals surface area (Å²) in [5.74, 6) is -0.189. The first-order valence-electron chi connectivity index (χ1n) is 5.83. The Morgan fingerprint density at radius 3 is 3.12 bits per heavy atom. The van der Waals surface area contributed by atoms with Crippen LogP contribution in [0.5, 0.6) is 0 Å². The van der Waals surface area contributed by atoms with Gasteiger partial charge in [-0.2, -0.15) is 0 Å². The molecular weight excluding hydrogens is 205 g/mol. The first-order valence-corrected chi connectivity index (χ1v) is 5.83. The van der Waals surface area contributed by atoms with E-state index in [1.54, 1.807) is 12.1 Å². The summed E-state index contributed by atoms with van der Waals surface area (Å²) in [6, 6.07) is 4.85. The second kappa shape index (κ2) is 5.41. The zero-order chi connectivity index (χ0) is 11.4. The van der Waals surface area contributed by atoms with E-state index in [2.05, 4.69) is 5.32 Å². The number of benzene rings is 1. The molecule has 1 N–H and O–H groups in total. The zero-order valence-electron chi connectivity index (χ0n) is 9.63. The molecule has 3 heteroatoms. The first kappa shape index (κ1) is 11.6. The van der Waals surface area contributed by atoms with Crippen LogP contribution >= 0.6 is 0 Å². The number of piperidine rings is 1. The Morgan fingerprint density at radius 1 is 1.50 bits per heavy atom. The third-order valence-electron chi connectivity index (χ3n) is 3.04. The van der Waals surface area contributed by atoms with Crippen molar-refractivity contribution >= 4 is 0 Å². The Morgan fingerprint density at radius 2 is 2.38 bits per heavy atom. The Kier molecular flexibility index (Phi) is 3.91. The fourth-order valence-electron chi connectivity index (χ4n) is 1.97. The van der Waals surface area contributed by atoms with Gasteiger partial charge in [-0.1, -0.05) is 6.07 Å². The molecule has 2 nitrogen and oxygen atoms in total. The van der Waals surface area contributed by atoms with Crippen molar-refractivity contribution in [3.8, 4) is 0 Å². The maximum Gasteiger partial charge on any atom is 0.123 e. The molecule has 1 aliphatic heterocycles. The molecule has 1 aliphatic rings. The second-order valence-corrected chi connectivity index (χ2v) is 4.35. The fraction of sp³-hybridized carbons (Fsp3) is 0.538. The molecule has 1 aromatic carbocycles. The van der Waals surface area contributed by atoms with Crippen LogP contribution in [0.3, 0.4) is 0 Å². The van der Waals surface area contributed by atoms with E-state index in [4.69, 9.17) is 4.74 Å². The number of nitrogens with one attached hydrogen (secondary N) is 1. The number of halogens is 1. The molecule has 1 aromatic rings.